The molecule has 9 nitrogen and oxygen atoms in total. The van der Waals surface area contributed by atoms with Crippen LogP contribution in [-0.2, 0) is 10.7 Å². The molecule has 1 atom stereocenters. The van der Waals surface area contributed by atoms with E-state index < -0.39 is 18.9 Å². The SMILES string of the molecule is CN1CCN2c3ccc(Nc4nc(Nc5ccccc5P(C)(C)=O)c5c(C(F)(F)F)c[nH]c5n4)cc3OC[C@@H]2C1. The lowest BCUT2D eigenvalue weighted by Gasteiger charge is -2.44. The summed E-state index contributed by atoms with van der Waals surface area (Å²) in [5.41, 5.74) is 1.17. The van der Waals surface area contributed by atoms with Gasteiger partial charge in [0.25, 0.3) is 0 Å². The maximum atomic E-state index is 13.9. The van der Waals surface area contributed by atoms with Crippen LogP contribution in [0.3, 0.4) is 0 Å². The zero-order valence-electron chi connectivity index (χ0n) is 22.2. The number of piperazine rings is 1. The van der Waals surface area contributed by atoms with Gasteiger partial charge in [-0.05, 0) is 44.6 Å². The summed E-state index contributed by atoms with van der Waals surface area (Å²) in [5.74, 6) is 0.754. The first-order valence-electron chi connectivity index (χ1n) is 12.8. The van der Waals surface area contributed by atoms with E-state index in [1.54, 1.807) is 37.6 Å². The summed E-state index contributed by atoms with van der Waals surface area (Å²) in [4.78, 5) is 16.1. The van der Waals surface area contributed by atoms with Crippen LogP contribution < -0.4 is 25.6 Å². The molecule has 210 valence electrons. The number of hydrogen-bond donors (Lipinski definition) is 3. The fraction of sp³-hybridized carbons (Fsp3) is 0.333. The number of alkyl halides is 3. The number of nitrogens with one attached hydrogen (secondary N) is 3. The molecular weight excluding hydrogens is 542 g/mol. The van der Waals surface area contributed by atoms with Gasteiger partial charge in [-0.15, -0.1) is 0 Å². The van der Waals surface area contributed by atoms with Gasteiger partial charge in [-0.3, -0.25) is 0 Å². The topological polar surface area (TPSA) is 98.4 Å². The summed E-state index contributed by atoms with van der Waals surface area (Å²) in [7, 11) is -0.646. The Morgan fingerprint density at radius 2 is 1.90 bits per heavy atom. The maximum absolute atomic E-state index is 13.9. The number of aromatic amines is 1. The Bertz CT molecular complexity index is 1630. The summed E-state index contributed by atoms with van der Waals surface area (Å²) in [5, 5.41) is 6.44. The molecule has 6 rings (SSSR count). The zero-order chi connectivity index (χ0) is 28.2. The molecule has 4 heterocycles. The van der Waals surface area contributed by atoms with Crippen LogP contribution in [0.1, 0.15) is 5.56 Å². The molecule has 0 saturated carbocycles. The molecule has 0 aliphatic carbocycles. The first-order chi connectivity index (χ1) is 19.0. The van der Waals surface area contributed by atoms with Gasteiger partial charge in [0.15, 0.2) is 0 Å². The van der Waals surface area contributed by atoms with Crippen LogP contribution in [0.25, 0.3) is 11.0 Å². The molecule has 0 spiro atoms. The van der Waals surface area contributed by atoms with E-state index in [0.717, 1.165) is 37.3 Å². The van der Waals surface area contributed by atoms with Crippen molar-refractivity contribution in [1.29, 1.82) is 0 Å². The highest BCUT2D eigenvalue weighted by Crippen LogP contribution is 2.42. The van der Waals surface area contributed by atoms with Gasteiger partial charge in [0, 0.05) is 42.9 Å². The van der Waals surface area contributed by atoms with Crippen molar-refractivity contribution >= 4 is 52.3 Å². The number of benzene rings is 2. The highest BCUT2D eigenvalue weighted by Gasteiger charge is 2.36. The first-order valence-corrected chi connectivity index (χ1v) is 15.4. The standard InChI is InChI=1S/C27H29F3N7O2P/c1-36-10-11-37-17(14-36)15-39-21-12-16(8-9-20(21)37)32-26-34-24-23(18(13-31-24)27(28,29)30)25(35-26)33-19-6-4-5-7-22(19)40(2,3)38/h4-9,12-13,17H,10-11,14-15H2,1-3H3,(H3,31,32,33,34,35)/t17-/m0/s1. The minimum atomic E-state index is -4.63. The molecule has 2 aliphatic heterocycles. The first kappa shape index (κ1) is 26.5. The number of anilines is 5. The van der Waals surface area contributed by atoms with E-state index in [2.05, 4.69) is 42.4 Å². The Kier molecular flexibility index (Phi) is 6.42. The third-order valence-electron chi connectivity index (χ3n) is 7.22. The predicted molar refractivity (Wildman–Crippen MR) is 152 cm³/mol. The maximum Gasteiger partial charge on any atom is 0.418 e. The Morgan fingerprint density at radius 3 is 2.67 bits per heavy atom. The van der Waals surface area contributed by atoms with Crippen molar-refractivity contribution in [2.75, 3.05) is 62.2 Å². The van der Waals surface area contributed by atoms with Crippen LogP contribution in [-0.4, -0.2) is 72.5 Å². The number of para-hydroxylation sites is 1. The quantitative estimate of drug-likeness (QED) is 0.281. The van der Waals surface area contributed by atoms with Crippen LogP contribution in [0, 0.1) is 0 Å². The average Bonchev–Trinajstić information content (AvgIpc) is 3.33. The van der Waals surface area contributed by atoms with E-state index >= 15 is 0 Å². The summed E-state index contributed by atoms with van der Waals surface area (Å²) in [6, 6.07) is 12.8. The lowest BCUT2D eigenvalue weighted by Crippen LogP contribution is -2.56. The van der Waals surface area contributed by atoms with E-state index in [1.807, 2.05) is 18.2 Å². The second-order valence-corrected chi connectivity index (χ2v) is 13.7. The number of rotatable bonds is 5. The Hall–Kier alpha value is -3.76. The number of likely N-dealkylation sites (N-methyl/N-ethyl adjacent to an activating group) is 1. The van der Waals surface area contributed by atoms with Crippen molar-refractivity contribution in [2.24, 2.45) is 0 Å². The minimum absolute atomic E-state index is 0.00970. The van der Waals surface area contributed by atoms with Crippen molar-refractivity contribution < 1.29 is 22.5 Å². The lowest BCUT2D eigenvalue weighted by atomic mass is 10.1. The van der Waals surface area contributed by atoms with E-state index in [9.17, 15) is 17.7 Å². The molecule has 1 fully saturated rings. The molecule has 2 aromatic heterocycles. The summed E-state index contributed by atoms with van der Waals surface area (Å²) >= 11 is 0. The van der Waals surface area contributed by atoms with E-state index in [4.69, 9.17) is 4.74 Å². The fourth-order valence-corrected chi connectivity index (χ4v) is 6.47. The number of ether oxygens (including phenoxy) is 1. The van der Waals surface area contributed by atoms with Crippen LogP contribution in [0.5, 0.6) is 5.75 Å². The predicted octanol–water partition coefficient (Wildman–Crippen LogP) is 5.22. The molecule has 3 N–H and O–H groups in total. The third kappa shape index (κ3) is 4.97. The van der Waals surface area contributed by atoms with Crippen molar-refractivity contribution in [3.63, 3.8) is 0 Å². The van der Waals surface area contributed by atoms with Gasteiger partial charge < -0.3 is 34.7 Å². The molecule has 0 bridgehead atoms. The highest BCUT2D eigenvalue weighted by atomic mass is 31.2. The average molecular weight is 572 g/mol. The van der Waals surface area contributed by atoms with Crippen LogP contribution in [0.15, 0.2) is 48.7 Å². The molecule has 0 unspecified atom stereocenters. The number of aromatic nitrogens is 3. The van der Waals surface area contributed by atoms with Crippen molar-refractivity contribution in [3.8, 4) is 5.75 Å². The molecule has 0 amide bonds. The van der Waals surface area contributed by atoms with E-state index in [1.165, 1.54) is 0 Å². The van der Waals surface area contributed by atoms with Crippen LogP contribution >= 0.6 is 7.14 Å². The summed E-state index contributed by atoms with van der Waals surface area (Å²) in [6.07, 6.45) is -3.75. The molecule has 2 aliphatic rings. The molecule has 0 radical (unpaired) electrons. The van der Waals surface area contributed by atoms with Gasteiger partial charge in [-0.1, -0.05) is 12.1 Å². The van der Waals surface area contributed by atoms with Crippen molar-refractivity contribution in [1.82, 2.24) is 19.9 Å². The Labute approximate surface area is 229 Å². The van der Waals surface area contributed by atoms with Gasteiger partial charge in [-0.2, -0.15) is 23.1 Å². The van der Waals surface area contributed by atoms with E-state index in [-0.39, 0.29) is 28.8 Å². The number of nitrogens with zero attached hydrogens (tertiary/aromatic N) is 4. The van der Waals surface area contributed by atoms with Crippen LogP contribution in [0.2, 0.25) is 0 Å². The van der Waals surface area contributed by atoms with Crippen molar-refractivity contribution in [3.05, 3.63) is 54.2 Å². The monoisotopic (exact) mass is 571 g/mol. The largest absolute Gasteiger partial charge is 0.489 e. The van der Waals surface area contributed by atoms with Gasteiger partial charge in [0.1, 0.15) is 31.0 Å². The van der Waals surface area contributed by atoms with E-state index in [0.29, 0.717) is 23.3 Å². The molecule has 13 heteroatoms. The Balaban J connectivity index is 1.37. The van der Waals surface area contributed by atoms with Gasteiger partial charge in [0.2, 0.25) is 5.95 Å². The molecule has 4 aromatic rings. The Morgan fingerprint density at radius 1 is 1.10 bits per heavy atom. The number of H-pyrrole nitrogens is 1. The molecule has 40 heavy (non-hydrogen) atoms. The fourth-order valence-electron chi connectivity index (χ4n) is 5.31. The summed E-state index contributed by atoms with van der Waals surface area (Å²) in [6.45, 7) is 6.57. The van der Waals surface area contributed by atoms with Gasteiger partial charge in [-0.25, -0.2) is 0 Å². The highest BCUT2D eigenvalue weighted by molar-refractivity contribution is 7.70. The second-order valence-electron chi connectivity index (χ2n) is 10.5. The van der Waals surface area contributed by atoms with Crippen molar-refractivity contribution in [2.45, 2.75) is 12.2 Å². The molecule has 2 aromatic carbocycles. The van der Waals surface area contributed by atoms with Gasteiger partial charge >= 0.3 is 6.18 Å². The second kappa shape index (κ2) is 9.71. The van der Waals surface area contributed by atoms with Gasteiger partial charge in [0.05, 0.1) is 28.4 Å². The normalized spacial score (nSPS) is 17.8. The lowest BCUT2D eigenvalue weighted by molar-refractivity contribution is -0.136. The number of fused-ring (bicyclic) bond motifs is 4. The zero-order valence-corrected chi connectivity index (χ0v) is 23.1. The minimum Gasteiger partial charge on any atom is -0.489 e. The number of halogens is 3. The molecule has 1 saturated heterocycles. The summed E-state index contributed by atoms with van der Waals surface area (Å²) < 4.78 is 60.7. The third-order valence-corrected chi connectivity index (χ3v) is 8.77. The smallest absolute Gasteiger partial charge is 0.418 e. The number of hydrogen-bond acceptors (Lipinski definition) is 8. The van der Waals surface area contributed by atoms with Crippen LogP contribution in [0.4, 0.5) is 42.0 Å². The molecular formula is C27H29F3N7O2P.